The van der Waals surface area contributed by atoms with Crippen molar-refractivity contribution >= 4 is 22.4 Å². The SMILES string of the molecule is [CH2]Cc1c(-c2cccnc2)cc(Cl)c2ccccc12. The second-order valence-corrected chi connectivity index (χ2v) is 4.83. The maximum absolute atomic E-state index is 6.40. The van der Waals surface area contributed by atoms with E-state index in [1.165, 1.54) is 10.9 Å². The highest BCUT2D eigenvalue weighted by Gasteiger charge is 2.11. The molecule has 0 amide bonds. The van der Waals surface area contributed by atoms with Gasteiger partial charge in [-0.3, -0.25) is 4.98 Å². The van der Waals surface area contributed by atoms with Crippen LogP contribution in [0.25, 0.3) is 21.9 Å². The Bertz CT molecular complexity index is 720. The lowest BCUT2D eigenvalue weighted by atomic mass is 9.93. The molecule has 0 unspecified atom stereocenters. The van der Waals surface area contributed by atoms with E-state index in [0.717, 1.165) is 28.0 Å². The lowest BCUT2D eigenvalue weighted by Crippen LogP contribution is -1.91. The standard InChI is InChI=1S/C17H13ClN/c1-2-13-14-7-3-4-8-15(14)17(18)10-16(13)12-6-5-9-19-11-12/h3-11H,1-2H2. The Hall–Kier alpha value is -1.86. The second-order valence-electron chi connectivity index (χ2n) is 4.42. The summed E-state index contributed by atoms with van der Waals surface area (Å²) in [5, 5.41) is 3.02. The zero-order chi connectivity index (χ0) is 13.2. The van der Waals surface area contributed by atoms with Crippen LogP contribution in [0.3, 0.4) is 0 Å². The summed E-state index contributed by atoms with van der Waals surface area (Å²) in [6.07, 6.45) is 4.36. The van der Waals surface area contributed by atoms with Crippen LogP contribution >= 0.6 is 11.6 Å². The smallest absolute Gasteiger partial charge is 0.0490 e. The van der Waals surface area contributed by atoms with Gasteiger partial charge in [0.2, 0.25) is 0 Å². The molecular formula is C17H13ClN. The molecule has 2 aromatic carbocycles. The Morgan fingerprint density at radius 3 is 2.53 bits per heavy atom. The van der Waals surface area contributed by atoms with Gasteiger partial charge in [0, 0.05) is 28.4 Å². The molecule has 0 N–H and O–H groups in total. The molecule has 0 saturated heterocycles. The van der Waals surface area contributed by atoms with Crippen molar-refractivity contribution in [3.05, 3.63) is 72.4 Å². The Morgan fingerprint density at radius 1 is 1.05 bits per heavy atom. The van der Waals surface area contributed by atoms with Crippen molar-refractivity contribution in [1.29, 1.82) is 0 Å². The number of hydrogen-bond donors (Lipinski definition) is 0. The molecule has 19 heavy (non-hydrogen) atoms. The van der Waals surface area contributed by atoms with E-state index < -0.39 is 0 Å². The van der Waals surface area contributed by atoms with Crippen LogP contribution in [0.4, 0.5) is 0 Å². The van der Waals surface area contributed by atoms with Crippen molar-refractivity contribution in [3.8, 4) is 11.1 Å². The molecule has 0 saturated carbocycles. The fourth-order valence-electron chi connectivity index (χ4n) is 2.44. The lowest BCUT2D eigenvalue weighted by Gasteiger charge is -2.13. The summed E-state index contributed by atoms with van der Waals surface area (Å²) in [6, 6.07) is 14.2. The predicted octanol–water partition coefficient (Wildman–Crippen LogP) is 4.93. The van der Waals surface area contributed by atoms with E-state index in [9.17, 15) is 0 Å². The van der Waals surface area contributed by atoms with Gasteiger partial charge < -0.3 is 0 Å². The normalized spacial score (nSPS) is 10.8. The minimum atomic E-state index is 0.724. The summed E-state index contributed by atoms with van der Waals surface area (Å²) in [4.78, 5) is 4.18. The van der Waals surface area contributed by atoms with Crippen LogP contribution in [-0.2, 0) is 6.42 Å². The molecule has 2 heteroatoms. The van der Waals surface area contributed by atoms with Gasteiger partial charge in [-0.1, -0.05) is 41.9 Å². The molecule has 0 atom stereocenters. The minimum absolute atomic E-state index is 0.724. The summed E-state index contributed by atoms with van der Waals surface area (Å²) in [6.45, 7) is 4.06. The van der Waals surface area contributed by atoms with Gasteiger partial charge in [-0.05, 0) is 42.0 Å². The molecule has 1 aromatic heterocycles. The number of pyridine rings is 1. The molecule has 93 valence electrons. The number of fused-ring (bicyclic) bond motifs is 1. The fraction of sp³-hybridized carbons (Fsp3) is 0.0588. The van der Waals surface area contributed by atoms with E-state index in [-0.39, 0.29) is 0 Å². The molecule has 1 radical (unpaired) electrons. The van der Waals surface area contributed by atoms with Crippen molar-refractivity contribution in [3.63, 3.8) is 0 Å². The maximum atomic E-state index is 6.40. The molecular weight excluding hydrogens is 254 g/mol. The molecule has 0 fully saturated rings. The zero-order valence-electron chi connectivity index (χ0n) is 10.4. The van der Waals surface area contributed by atoms with Crippen LogP contribution in [-0.4, -0.2) is 4.98 Å². The second kappa shape index (κ2) is 5.02. The van der Waals surface area contributed by atoms with E-state index in [1.807, 2.05) is 42.6 Å². The first-order valence-electron chi connectivity index (χ1n) is 6.21. The predicted molar refractivity (Wildman–Crippen MR) is 81.3 cm³/mol. The number of rotatable bonds is 2. The highest BCUT2D eigenvalue weighted by molar-refractivity contribution is 6.36. The third kappa shape index (κ3) is 2.11. The van der Waals surface area contributed by atoms with Crippen LogP contribution in [0.15, 0.2) is 54.9 Å². The first-order chi connectivity index (χ1) is 9.31. The van der Waals surface area contributed by atoms with Gasteiger partial charge in [0.15, 0.2) is 0 Å². The largest absolute Gasteiger partial charge is 0.264 e. The van der Waals surface area contributed by atoms with Crippen LogP contribution in [0.5, 0.6) is 0 Å². The average Bonchev–Trinajstić information content (AvgIpc) is 2.48. The van der Waals surface area contributed by atoms with Gasteiger partial charge in [-0.15, -0.1) is 0 Å². The zero-order valence-corrected chi connectivity index (χ0v) is 11.2. The van der Waals surface area contributed by atoms with Gasteiger partial charge in [0.25, 0.3) is 0 Å². The third-order valence-electron chi connectivity index (χ3n) is 3.33. The van der Waals surface area contributed by atoms with Crippen LogP contribution in [0.2, 0.25) is 5.02 Å². The minimum Gasteiger partial charge on any atom is -0.264 e. The summed E-state index contributed by atoms with van der Waals surface area (Å²) in [5.74, 6) is 0. The molecule has 3 rings (SSSR count). The molecule has 0 aliphatic heterocycles. The van der Waals surface area contributed by atoms with Crippen LogP contribution in [0, 0.1) is 6.92 Å². The highest BCUT2D eigenvalue weighted by Crippen LogP contribution is 2.35. The quantitative estimate of drug-likeness (QED) is 0.641. The first-order valence-corrected chi connectivity index (χ1v) is 6.59. The average molecular weight is 267 g/mol. The molecule has 1 nitrogen and oxygen atoms in total. The Balaban J connectivity index is 2.37. The molecule has 3 aromatic rings. The van der Waals surface area contributed by atoms with Gasteiger partial charge in [-0.25, -0.2) is 0 Å². The van der Waals surface area contributed by atoms with Crippen LogP contribution < -0.4 is 0 Å². The molecule has 0 bridgehead atoms. The molecule has 0 aliphatic carbocycles. The maximum Gasteiger partial charge on any atom is 0.0490 e. The molecule has 0 spiro atoms. The Morgan fingerprint density at radius 2 is 1.84 bits per heavy atom. The monoisotopic (exact) mass is 266 g/mol. The number of halogens is 1. The Labute approximate surface area is 117 Å². The summed E-state index contributed by atoms with van der Waals surface area (Å²) in [7, 11) is 0. The van der Waals surface area contributed by atoms with Gasteiger partial charge in [-0.2, -0.15) is 0 Å². The van der Waals surface area contributed by atoms with Gasteiger partial charge >= 0.3 is 0 Å². The van der Waals surface area contributed by atoms with Crippen molar-refractivity contribution in [2.75, 3.05) is 0 Å². The number of benzene rings is 2. The molecule has 0 aliphatic rings. The third-order valence-corrected chi connectivity index (χ3v) is 3.64. The van der Waals surface area contributed by atoms with E-state index in [2.05, 4.69) is 18.0 Å². The first kappa shape index (κ1) is 12.2. The van der Waals surface area contributed by atoms with Crippen molar-refractivity contribution in [1.82, 2.24) is 4.98 Å². The Kier molecular flexibility index (Phi) is 3.22. The van der Waals surface area contributed by atoms with E-state index in [0.29, 0.717) is 0 Å². The fourth-order valence-corrected chi connectivity index (χ4v) is 2.71. The van der Waals surface area contributed by atoms with Gasteiger partial charge in [0.05, 0.1) is 0 Å². The van der Waals surface area contributed by atoms with Crippen molar-refractivity contribution < 1.29 is 0 Å². The van der Waals surface area contributed by atoms with Crippen molar-refractivity contribution in [2.45, 2.75) is 6.42 Å². The topological polar surface area (TPSA) is 12.9 Å². The number of hydrogen-bond acceptors (Lipinski definition) is 1. The van der Waals surface area contributed by atoms with Gasteiger partial charge in [0.1, 0.15) is 0 Å². The van der Waals surface area contributed by atoms with Crippen molar-refractivity contribution in [2.24, 2.45) is 0 Å². The van der Waals surface area contributed by atoms with E-state index >= 15 is 0 Å². The number of aromatic nitrogens is 1. The number of nitrogens with zero attached hydrogens (tertiary/aromatic N) is 1. The van der Waals surface area contributed by atoms with E-state index in [1.54, 1.807) is 6.20 Å². The summed E-state index contributed by atoms with van der Waals surface area (Å²) >= 11 is 6.40. The van der Waals surface area contributed by atoms with Crippen LogP contribution in [0.1, 0.15) is 5.56 Å². The summed E-state index contributed by atoms with van der Waals surface area (Å²) in [5.41, 5.74) is 3.41. The van der Waals surface area contributed by atoms with E-state index in [4.69, 9.17) is 11.6 Å². The highest BCUT2D eigenvalue weighted by atomic mass is 35.5. The molecule has 1 heterocycles. The summed E-state index contributed by atoms with van der Waals surface area (Å²) < 4.78 is 0. The lowest BCUT2D eigenvalue weighted by molar-refractivity contribution is 1.28.